The molecule has 0 fully saturated rings. The molecule has 1 aromatic heterocycles. The number of carbonyl (C=O) groups is 1. The number of carbonyl (C=O) groups excluding carboxylic acids is 1. The summed E-state index contributed by atoms with van der Waals surface area (Å²) in [5.74, 6) is -0.111. The standard InChI is InChI=1S/C10H9BrF3NO2S/c1-17-9(16)7(11)5-18-8-3-2-6(4-15-8)10(12,13)14/h2-4,7H,5H2,1H3. The molecule has 3 nitrogen and oxygen atoms in total. The molecular formula is C10H9BrF3NO2S. The van der Waals surface area contributed by atoms with Crippen LogP contribution >= 0.6 is 27.7 Å². The van der Waals surface area contributed by atoms with Crippen LogP contribution in [0, 0.1) is 0 Å². The largest absolute Gasteiger partial charge is 0.468 e. The molecule has 0 aliphatic heterocycles. The molecule has 0 spiro atoms. The minimum absolute atomic E-state index is 0.324. The Bertz CT molecular complexity index is 411. The highest BCUT2D eigenvalue weighted by atomic mass is 79.9. The van der Waals surface area contributed by atoms with Gasteiger partial charge in [-0.1, -0.05) is 15.9 Å². The maximum absolute atomic E-state index is 12.3. The van der Waals surface area contributed by atoms with Crippen LogP contribution in [0.25, 0.3) is 0 Å². The average Bonchev–Trinajstić information content (AvgIpc) is 2.34. The zero-order valence-corrected chi connectivity index (χ0v) is 11.6. The van der Waals surface area contributed by atoms with Gasteiger partial charge in [-0.25, -0.2) is 4.98 Å². The van der Waals surface area contributed by atoms with E-state index < -0.39 is 22.5 Å². The van der Waals surface area contributed by atoms with Gasteiger partial charge in [0.2, 0.25) is 0 Å². The molecule has 0 bridgehead atoms. The summed E-state index contributed by atoms with van der Waals surface area (Å²) in [5.41, 5.74) is -0.796. The van der Waals surface area contributed by atoms with Crippen LogP contribution in [0.5, 0.6) is 0 Å². The number of hydrogen-bond donors (Lipinski definition) is 0. The van der Waals surface area contributed by atoms with Gasteiger partial charge in [0.25, 0.3) is 0 Å². The molecular weight excluding hydrogens is 335 g/mol. The lowest BCUT2D eigenvalue weighted by Gasteiger charge is -2.08. The number of methoxy groups -OCH3 is 1. The highest BCUT2D eigenvalue weighted by molar-refractivity contribution is 9.10. The molecule has 18 heavy (non-hydrogen) atoms. The number of hydrogen-bond acceptors (Lipinski definition) is 4. The molecule has 0 saturated heterocycles. The van der Waals surface area contributed by atoms with E-state index in [1.807, 2.05) is 0 Å². The predicted molar refractivity (Wildman–Crippen MR) is 64.7 cm³/mol. The molecule has 1 heterocycles. The van der Waals surface area contributed by atoms with Crippen LogP contribution < -0.4 is 0 Å². The summed E-state index contributed by atoms with van der Waals surface area (Å²) in [7, 11) is 1.26. The number of alkyl halides is 4. The first kappa shape index (κ1) is 15.3. The van der Waals surface area contributed by atoms with E-state index in [0.717, 1.165) is 12.3 Å². The van der Waals surface area contributed by atoms with E-state index in [0.29, 0.717) is 10.8 Å². The van der Waals surface area contributed by atoms with Crippen molar-refractivity contribution >= 4 is 33.7 Å². The number of thioether (sulfide) groups is 1. The lowest BCUT2D eigenvalue weighted by atomic mass is 10.3. The van der Waals surface area contributed by atoms with Crippen LogP contribution in [0.15, 0.2) is 23.4 Å². The molecule has 1 atom stereocenters. The van der Waals surface area contributed by atoms with Gasteiger partial charge < -0.3 is 4.74 Å². The molecule has 1 rings (SSSR count). The molecule has 100 valence electrons. The van der Waals surface area contributed by atoms with Crippen molar-refractivity contribution in [1.29, 1.82) is 0 Å². The Morgan fingerprint density at radius 2 is 2.22 bits per heavy atom. The number of pyridine rings is 1. The van der Waals surface area contributed by atoms with Crippen molar-refractivity contribution in [3.8, 4) is 0 Å². The van der Waals surface area contributed by atoms with E-state index in [4.69, 9.17) is 0 Å². The van der Waals surface area contributed by atoms with E-state index in [-0.39, 0.29) is 0 Å². The third-order valence-corrected chi connectivity index (χ3v) is 4.06. The smallest absolute Gasteiger partial charge is 0.417 e. The number of aromatic nitrogens is 1. The summed E-state index contributed by atoms with van der Waals surface area (Å²) < 4.78 is 41.3. The van der Waals surface area contributed by atoms with Gasteiger partial charge in [-0.2, -0.15) is 13.2 Å². The Kier molecular flexibility index (Phi) is 5.46. The first-order valence-electron chi connectivity index (χ1n) is 4.72. The minimum Gasteiger partial charge on any atom is -0.468 e. The summed E-state index contributed by atoms with van der Waals surface area (Å²) in [6, 6.07) is 2.22. The second-order valence-corrected chi connectivity index (χ2v) is 5.33. The van der Waals surface area contributed by atoms with Crippen molar-refractivity contribution < 1.29 is 22.7 Å². The van der Waals surface area contributed by atoms with Crippen LogP contribution in [0.4, 0.5) is 13.2 Å². The van der Waals surface area contributed by atoms with E-state index in [1.54, 1.807) is 0 Å². The minimum atomic E-state index is -4.39. The topological polar surface area (TPSA) is 39.2 Å². The Morgan fingerprint density at radius 3 is 2.67 bits per heavy atom. The highest BCUT2D eigenvalue weighted by Gasteiger charge is 2.30. The fourth-order valence-electron chi connectivity index (χ4n) is 0.988. The van der Waals surface area contributed by atoms with Crippen LogP contribution in [0.2, 0.25) is 0 Å². The van der Waals surface area contributed by atoms with Gasteiger partial charge in [-0.15, -0.1) is 11.8 Å². The molecule has 0 saturated carbocycles. The van der Waals surface area contributed by atoms with E-state index >= 15 is 0 Å². The van der Waals surface area contributed by atoms with Gasteiger partial charge >= 0.3 is 12.1 Å². The molecule has 8 heteroatoms. The van der Waals surface area contributed by atoms with Gasteiger partial charge in [-0.05, 0) is 12.1 Å². The number of rotatable bonds is 4. The Hall–Kier alpha value is -0.760. The van der Waals surface area contributed by atoms with Crippen molar-refractivity contribution in [1.82, 2.24) is 4.98 Å². The highest BCUT2D eigenvalue weighted by Crippen LogP contribution is 2.29. The van der Waals surface area contributed by atoms with Gasteiger partial charge in [-0.3, -0.25) is 4.79 Å². The number of nitrogens with zero attached hydrogens (tertiary/aromatic N) is 1. The molecule has 1 aromatic rings. The lowest BCUT2D eigenvalue weighted by molar-refractivity contribution is -0.139. The number of ether oxygens (including phenoxy) is 1. The average molecular weight is 344 g/mol. The molecule has 0 amide bonds. The molecule has 0 aliphatic carbocycles. The van der Waals surface area contributed by atoms with Crippen molar-refractivity contribution in [3.05, 3.63) is 23.9 Å². The normalized spacial score (nSPS) is 13.2. The summed E-state index contributed by atoms with van der Waals surface area (Å²) >= 11 is 4.27. The number of halogens is 4. The van der Waals surface area contributed by atoms with Crippen LogP contribution in [-0.4, -0.2) is 28.6 Å². The molecule has 0 radical (unpaired) electrons. The Morgan fingerprint density at radius 1 is 1.56 bits per heavy atom. The Labute approximate surface area is 114 Å². The van der Waals surface area contributed by atoms with Crippen LogP contribution in [0.3, 0.4) is 0 Å². The second kappa shape index (κ2) is 6.42. The van der Waals surface area contributed by atoms with E-state index in [1.165, 1.54) is 24.9 Å². The predicted octanol–water partition coefficient (Wildman–Crippen LogP) is 3.13. The SMILES string of the molecule is COC(=O)C(Br)CSc1ccc(C(F)(F)F)cn1. The summed E-state index contributed by atoms with van der Waals surface area (Å²) in [6.07, 6.45) is -3.62. The summed E-state index contributed by atoms with van der Waals surface area (Å²) in [5, 5.41) is 0.413. The van der Waals surface area contributed by atoms with Crippen LogP contribution in [-0.2, 0) is 15.7 Å². The van der Waals surface area contributed by atoms with Crippen molar-refractivity contribution in [2.24, 2.45) is 0 Å². The van der Waals surface area contributed by atoms with Gasteiger partial charge in [0, 0.05) is 11.9 Å². The Balaban J connectivity index is 2.57. The third kappa shape index (κ3) is 4.49. The molecule has 0 aliphatic rings. The third-order valence-electron chi connectivity index (χ3n) is 1.90. The molecule has 0 aromatic carbocycles. The zero-order chi connectivity index (χ0) is 13.8. The van der Waals surface area contributed by atoms with E-state index in [2.05, 4.69) is 25.7 Å². The van der Waals surface area contributed by atoms with Gasteiger partial charge in [0.15, 0.2) is 0 Å². The second-order valence-electron chi connectivity index (χ2n) is 3.18. The zero-order valence-electron chi connectivity index (χ0n) is 9.20. The maximum atomic E-state index is 12.3. The van der Waals surface area contributed by atoms with Gasteiger partial charge in [0.05, 0.1) is 17.7 Å². The summed E-state index contributed by atoms with van der Waals surface area (Å²) in [4.78, 5) is 14.2. The van der Waals surface area contributed by atoms with E-state index in [9.17, 15) is 18.0 Å². The lowest BCUT2D eigenvalue weighted by Crippen LogP contribution is -2.17. The molecule has 0 N–H and O–H groups in total. The van der Waals surface area contributed by atoms with Crippen molar-refractivity contribution in [2.75, 3.05) is 12.9 Å². The molecule has 1 unspecified atom stereocenters. The first-order chi connectivity index (χ1) is 8.34. The van der Waals surface area contributed by atoms with Crippen LogP contribution in [0.1, 0.15) is 5.56 Å². The van der Waals surface area contributed by atoms with Crippen molar-refractivity contribution in [2.45, 2.75) is 16.0 Å². The van der Waals surface area contributed by atoms with Gasteiger partial charge in [0.1, 0.15) is 4.83 Å². The quantitative estimate of drug-likeness (QED) is 0.478. The fourth-order valence-corrected chi connectivity index (χ4v) is 2.32. The summed E-state index contributed by atoms with van der Waals surface area (Å²) in [6.45, 7) is 0. The van der Waals surface area contributed by atoms with Crippen molar-refractivity contribution in [3.63, 3.8) is 0 Å². The number of esters is 1. The fraction of sp³-hybridized carbons (Fsp3) is 0.400. The maximum Gasteiger partial charge on any atom is 0.417 e. The first-order valence-corrected chi connectivity index (χ1v) is 6.62. The monoisotopic (exact) mass is 343 g/mol.